The van der Waals surface area contributed by atoms with Gasteiger partial charge in [-0.3, -0.25) is 19.4 Å². The minimum absolute atomic E-state index is 0.144. The second kappa shape index (κ2) is 10.9. The molecule has 182 valence electrons. The van der Waals surface area contributed by atoms with Gasteiger partial charge in [-0.2, -0.15) is 0 Å². The molecule has 0 N–H and O–H groups in total. The summed E-state index contributed by atoms with van der Waals surface area (Å²) in [6.07, 6.45) is 5.66. The van der Waals surface area contributed by atoms with E-state index in [4.69, 9.17) is 0 Å². The van der Waals surface area contributed by atoms with Gasteiger partial charge in [0.2, 0.25) is 5.91 Å². The molecule has 4 nitrogen and oxygen atoms in total. The second-order valence-electron chi connectivity index (χ2n) is 9.00. The lowest BCUT2D eigenvalue weighted by Gasteiger charge is -2.34. The number of anilines is 4. The van der Waals surface area contributed by atoms with Gasteiger partial charge < -0.3 is 0 Å². The Hall–Kier alpha value is -4.70. The van der Waals surface area contributed by atoms with Gasteiger partial charge in [0.05, 0.1) is 5.92 Å². The van der Waals surface area contributed by atoms with Crippen LogP contribution in [0.5, 0.6) is 0 Å². The zero-order valence-corrected chi connectivity index (χ0v) is 20.6. The normalized spacial score (nSPS) is 16.5. The fourth-order valence-corrected chi connectivity index (χ4v) is 4.76. The molecule has 0 saturated heterocycles. The Bertz CT molecular complexity index is 1340. The van der Waals surface area contributed by atoms with Crippen LogP contribution in [-0.4, -0.2) is 11.8 Å². The molecule has 2 amide bonds. The Morgan fingerprint density at radius 1 is 0.568 bits per heavy atom. The fourth-order valence-electron chi connectivity index (χ4n) is 4.76. The summed E-state index contributed by atoms with van der Waals surface area (Å²) >= 11 is 0. The van der Waals surface area contributed by atoms with Crippen molar-refractivity contribution >= 4 is 34.6 Å². The first-order valence-electron chi connectivity index (χ1n) is 12.4. The van der Waals surface area contributed by atoms with Crippen LogP contribution in [0.3, 0.4) is 0 Å². The molecular formula is C33H28N2O2. The number of rotatable bonds is 6. The molecule has 0 saturated carbocycles. The first-order valence-corrected chi connectivity index (χ1v) is 12.4. The number of para-hydroxylation sites is 4. The number of carbonyl (C=O) groups is 2. The van der Waals surface area contributed by atoms with Gasteiger partial charge in [0.25, 0.3) is 5.91 Å². The second-order valence-corrected chi connectivity index (χ2v) is 9.00. The molecule has 1 aliphatic rings. The molecule has 0 bridgehead atoms. The van der Waals surface area contributed by atoms with E-state index in [2.05, 4.69) is 0 Å². The lowest BCUT2D eigenvalue weighted by atomic mass is 9.81. The summed E-state index contributed by atoms with van der Waals surface area (Å²) < 4.78 is 0. The molecule has 1 aliphatic carbocycles. The Labute approximate surface area is 217 Å². The fraction of sp³-hybridized carbons (Fsp3) is 0.0909. The summed E-state index contributed by atoms with van der Waals surface area (Å²) in [5, 5.41) is 0. The van der Waals surface area contributed by atoms with Crippen LogP contribution in [0.1, 0.15) is 6.92 Å². The van der Waals surface area contributed by atoms with Gasteiger partial charge in [0.1, 0.15) is 0 Å². The van der Waals surface area contributed by atoms with Crippen LogP contribution < -0.4 is 9.80 Å². The Morgan fingerprint density at radius 3 is 1.35 bits per heavy atom. The molecule has 4 aromatic rings. The van der Waals surface area contributed by atoms with Crippen molar-refractivity contribution in [3.05, 3.63) is 145 Å². The van der Waals surface area contributed by atoms with E-state index in [0.29, 0.717) is 5.57 Å². The summed E-state index contributed by atoms with van der Waals surface area (Å²) in [7, 11) is 0. The summed E-state index contributed by atoms with van der Waals surface area (Å²) in [6, 6.07) is 38.3. The number of nitrogens with zero attached hydrogens (tertiary/aromatic N) is 2. The van der Waals surface area contributed by atoms with E-state index in [1.807, 2.05) is 140 Å². The molecule has 0 spiro atoms. The number of amides is 2. The van der Waals surface area contributed by atoms with E-state index in [1.165, 1.54) is 0 Å². The van der Waals surface area contributed by atoms with Gasteiger partial charge in [0, 0.05) is 28.3 Å². The van der Waals surface area contributed by atoms with Crippen LogP contribution in [-0.2, 0) is 9.59 Å². The van der Waals surface area contributed by atoms with Crippen molar-refractivity contribution in [3.8, 4) is 0 Å². The SMILES string of the molecule is C[C@@H]1C=CC=C(C(=O)N(c2ccccc2)c2ccccc2)[C@H]1C(=O)N(c1ccccc1)c1ccccc1. The summed E-state index contributed by atoms with van der Waals surface area (Å²) in [5.41, 5.74) is 3.47. The smallest absolute Gasteiger partial charge is 0.259 e. The minimum atomic E-state index is -0.659. The van der Waals surface area contributed by atoms with Crippen molar-refractivity contribution in [1.82, 2.24) is 0 Å². The van der Waals surface area contributed by atoms with Crippen molar-refractivity contribution in [3.63, 3.8) is 0 Å². The summed E-state index contributed by atoms with van der Waals surface area (Å²) in [6.45, 7) is 1.99. The molecule has 0 heterocycles. The summed E-state index contributed by atoms with van der Waals surface area (Å²) in [5.74, 6) is -1.18. The maximum atomic E-state index is 14.4. The third kappa shape index (κ3) is 5.00. The first-order chi connectivity index (χ1) is 18.1. The molecule has 5 rings (SSSR count). The largest absolute Gasteiger partial charge is 0.281 e. The molecular weight excluding hydrogens is 456 g/mol. The van der Waals surface area contributed by atoms with E-state index in [1.54, 1.807) is 15.9 Å². The average molecular weight is 485 g/mol. The predicted octanol–water partition coefficient (Wildman–Crippen LogP) is 7.46. The topological polar surface area (TPSA) is 40.6 Å². The molecule has 0 radical (unpaired) electrons. The standard InChI is InChI=1S/C33H28N2O2/c1-25-15-14-24-30(32(36)34(26-16-6-2-7-17-26)27-18-8-3-9-19-27)31(25)33(37)35(28-20-10-4-11-21-28)29-22-12-5-13-23-29/h2-25,31H,1H3/t25-,31+/m1/s1. The van der Waals surface area contributed by atoms with E-state index >= 15 is 0 Å². The Balaban J connectivity index is 1.59. The maximum absolute atomic E-state index is 14.4. The minimum Gasteiger partial charge on any atom is -0.281 e. The molecule has 0 unspecified atom stereocenters. The highest BCUT2D eigenvalue weighted by Gasteiger charge is 2.38. The highest BCUT2D eigenvalue weighted by molar-refractivity contribution is 6.16. The van der Waals surface area contributed by atoms with Crippen LogP contribution in [0.25, 0.3) is 0 Å². The molecule has 37 heavy (non-hydrogen) atoms. The number of benzene rings is 4. The van der Waals surface area contributed by atoms with Crippen molar-refractivity contribution in [2.75, 3.05) is 9.80 Å². The van der Waals surface area contributed by atoms with Gasteiger partial charge in [-0.05, 0) is 54.4 Å². The number of hydrogen-bond donors (Lipinski definition) is 0. The highest BCUT2D eigenvalue weighted by atomic mass is 16.2. The Morgan fingerprint density at radius 2 is 0.946 bits per heavy atom. The lowest BCUT2D eigenvalue weighted by Crippen LogP contribution is -2.41. The van der Waals surface area contributed by atoms with Gasteiger partial charge in [-0.1, -0.05) is 97.9 Å². The number of allylic oxidation sites excluding steroid dienone is 3. The third-order valence-corrected chi connectivity index (χ3v) is 6.55. The van der Waals surface area contributed by atoms with Gasteiger partial charge in [-0.25, -0.2) is 0 Å². The molecule has 2 atom stereocenters. The molecule has 4 aromatic carbocycles. The van der Waals surface area contributed by atoms with Crippen LogP contribution >= 0.6 is 0 Å². The van der Waals surface area contributed by atoms with E-state index in [-0.39, 0.29) is 17.7 Å². The van der Waals surface area contributed by atoms with Crippen molar-refractivity contribution < 1.29 is 9.59 Å². The zero-order valence-electron chi connectivity index (χ0n) is 20.6. The quantitative estimate of drug-likeness (QED) is 0.285. The predicted molar refractivity (Wildman–Crippen MR) is 150 cm³/mol. The molecule has 0 fully saturated rings. The van der Waals surface area contributed by atoms with Gasteiger partial charge >= 0.3 is 0 Å². The average Bonchev–Trinajstić information content (AvgIpc) is 2.95. The molecule has 4 heteroatoms. The third-order valence-electron chi connectivity index (χ3n) is 6.55. The Kier molecular flexibility index (Phi) is 7.09. The van der Waals surface area contributed by atoms with Crippen LogP contribution in [0.2, 0.25) is 0 Å². The van der Waals surface area contributed by atoms with Crippen LogP contribution in [0, 0.1) is 11.8 Å². The zero-order chi connectivity index (χ0) is 25.6. The summed E-state index contributed by atoms with van der Waals surface area (Å²) in [4.78, 5) is 32.1. The maximum Gasteiger partial charge on any atom is 0.259 e. The van der Waals surface area contributed by atoms with E-state index < -0.39 is 5.92 Å². The molecule has 0 aliphatic heterocycles. The highest BCUT2D eigenvalue weighted by Crippen LogP contribution is 2.37. The molecule has 0 aromatic heterocycles. The van der Waals surface area contributed by atoms with Crippen molar-refractivity contribution in [2.24, 2.45) is 11.8 Å². The van der Waals surface area contributed by atoms with Gasteiger partial charge in [-0.15, -0.1) is 0 Å². The lowest BCUT2D eigenvalue weighted by molar-refractivity contribution is -0.124. The van der Waals surface area contributed by atoms with Crippen molar-refractivity contribution in [1.29, 1.82) is 0 Å². The number of carbonyl (C=O) groups excluding carboxylic acids is 2. The van der Waals surface area contributed by atoms with Crippen molar-refractivity contribution in [2.45, 2.75) is 6.92 Å². The van der Waals surface area contributed by atoms with Gasteiger partial charge in [0.15, 0.2) is 0 Å². The number of hydrogen-bond acceptors (Lipinski definition) is 2. The van der Waals surface area contributed by atoms with E-state index in [0.717, 1.165) is 22.7 Å². The van der Waals surface area contributed by atoms with Crippen LogP contribution in [0.15, 0.2) is 145 Å². The monoisotopic (exact) mass is 484 g/mol. The van der Waals surface area contributed by atoms with E-state index in [9.17, 15) is 9.59 Å². The first kappa shape index (κ1) is 24.0. The van der Waals surface area contributed by atoms with Crippen LogP contribution in [0.4, 0.5) is 22.7 Å².